The molecular formula is C18H37N3O3. The summed E-state index contributed by atoms with van der Waals surface area (Å²) in [7, 11) is 0. The lowest BCUT2D eigenvalue weighted by molar-refractivity contribution is 0.0262. The summed E-state index contributed by atoms with van der Waals surface area (Å²) in [4.78, 5) is 7.01. The van der Waals surface area contributed by atoms with Gasteiger partial charge in [0.1, 0.15) is 0 Å². The molecule has 1 saturated heterocycles. The number of ether oxygens (including phenoxy) is 3. The smallest absolute Gasteiger partial charge is 0.193 e. The van der Waals surface area contributed by atoms with Crippen LogP contribution in [0.25, 0.3) is 0 Å². The first-order valence-electron chi connectivity index (χ1n) is 9.62. The lowest BCUT2D eigenvalue weighted by atomic mass is 10.1. The van der Waals surface area contributed by atoms with Crippen LogP contribution in [0.15, 0.2) is 4.99 Å². The quantitative estimate of drug-likeness (QED) is 0.335. The predicted octanol–water partition coefficient (Wildman–Crippen LogP) is 2.29. The van der Waals surface area contributed by atoms with Gasteiger partial charge in [-0.3, -0.25) is 4.99 Å². The molecule has 1 rings (SSSR count). The minimum absolute atomic E-state index is 0.408. The first-order valence-corrected chi connectivity index (χ1v) is 9.62. The van der Waals surface area contributed by atoms with Gasteiger partial charge >= 0.3 is 0 Å². The van der Waals surface area contributed by atoms with Gasteiger partial charge in [0.25, 0.3) is 0 Å². The first-order chi connectivity index (χ1) is 11.8. The molecule has 0 aliphatic carbocycles. The second kappa shape index (κ2) is 14.5. The Hall–Kier alpha value is -0.850. The number of likely N-dealkylation sites (tertiary alicyclic amines) is 1. The van der Waals surface area contributed by atoms with E-state index in [1.54, 1.807) is 0 Å². The van der Waals surface area contributed by atoms with Crippen LogP contribution in [-0.4, -0.2) is 76.2 Å². The highest BCUT2D eigenvalue weighted by Crippen LogP contribution is 2.13. The van der Waals surface area contributed by atoms with Gasteiger partial charge in [0.2, 0.25) is 0 Å². The van der Waals surface area contributed by atoms with Crippen molar-refractivity contribution in [3.63, 3.8) is 0 Å². The lowest BCUT2D eigenvalue weighted by Crippen LogP contribution is -2.47. The summed E-state index contributed by atoms with van der Waals surface area (Å²) in [6.45, 7) is 13.5. The number of hydrogen-bond donors (Lipinski definition) is 1. The van der Waals surface area contributed by atoms with Gasteiger partial charge < -0.3 is 24.4 Å². The molecule has 0 aromatic carbocycles. The van der Waals surface area contributed by atoms with Crippen LogP contribution < -0.4 is 5.32 Å². The van der Waals surface area contributed by atoms with Gasteiger partial charge in [-0.05, 0) is 33.1 Å². The van der Waals surface area contributed by atoms with Crippen molar-refractivity contribution in [2.75, 3.05) is 59.2 Å². The van der Waals surface area contributed by atoms with Crippen molar-refractivity contribution >= 4 is 5.96 Å². The van der Waals surface area contributed by atoms with Crippen molar-refractivity contribution in [1.29, 1.82) is 0 Å². The summed E-state index contributed by atoms with van der Waals surface area (Å²) in [6.07, 6.45) is 4.85. The van der Waals surface area contributed by atoms with Crippen LogP contribution >= 0.6 is 0 Å². The normalized spacial score (nSPS) is 16.6. The zero-order valence-electron chi connectivity index (χ0n) is 15.9. The molecule has 6 heteroatoms. The van der Waals surface area contributed by atoms with Crippen LogP contribution in [0.5, 0.6) is 0 Å². The van der Waals surface area contributed by atoms with E-state index in [1.165, 1.54) is 6.42 Å². The molecule has 0 atom stereocenters. The predicted molar refractivity (Wildman–Crippen MR) is 98.7 cm³/mol. The van der Waals surface area contributed by atoms with Crippen molar-refractivity contribution in [3.8, 4) is 0 Å². The topological polar surface area (TPSA) is 55.3 Å². The Kier molecular flexibility index (Phi) is 12.8. The Morgan fingerprint density at radius 1 is 1.04 bits per heavy atom. The van der Waals surface area contributed by atoms with E-state index >= 15 is 0 Å². The maximum atomic E-state index is 5.71. The maximum absolute atomic E-state index is 5.71. The molecule has 1 N–H and O–H groups in total. The van der Waals surface area contributed by atoms with Gasteiger partial charge in [-0.2, -0.15) is 0 Å². The van der Waals surface area contributed by atoms with E-state index in [4.69, 9.17) is 14.2 Å². The molecule has 1 aliphatic heterocycles. The lowest BCUT2D eigenvalue weighted by Gasteiger charge is -2.34. The summed E-state index contributed by atoms with van der Waals surface area (Å²) >= 11 is 0. The molecule has 1 heterocycles. The number of nitrogens with one attached hydrogen (secondary N) is 1. The highest BCUT2D eigenvalue weighted by atomic mass is 16.5. The molecule has 142 valence electrons. The van der Waals surface area contributed by atoms with Gasteiger partial charge in [0.05, 0.1) is 32.5 Å². The standard InChI is InChI=1S/C18H37N3O3/c1-4-7-13-22-15-16-23-14-10-20-18(19-5-2)21-11-8-17(9-12-21)24-6-3/h17H,4-16H2,1-3H3,(H,19,20). The fourth-order valence-corrected chi connectivity index (χ4v) is 2.68. The maximum Gasteiger partial charge on any atom is 0.193 e. The fourth-order valence-electron chi connectivity index (χ4n) is 2.68. The van der Waals surface area contributed by atoms with Gasteiger partial charge in [-0.25, -0.2) is 0 Å². The number of guanidine groups is 1. The average Bonchev–Trinajstić information content (AvgIpc) is 2.60. The Morgan fingerprint density at radius 3 is 2.38 bits per heavy atom. The third-order valence-electron chi connectivity index (χ3n) is 3.99. The molecule has 0 unspecified atom stereocenters. The zero-order valence-corrected chi connectivity index (χ0v) is 15.9. The Labute approximate surface area is 147 Å². The average molecular weight is 344 g/mol. The Bertz CT molecular complexity index is 319. The van der Waals surface area contributed by atoms with E-state index in [0.717, 1.165) is 58.1 Å². The molecule has 24 heavy (non-hydrogen) atoms. The van der Waals surface area contributed by atoms with E-state index in [9.17, 15) is 0 Å². The van der Waals surface area contributed by atoms with Crippen LogP contribution in [0.4, 0.5) is 0 Å². The van der Waals surface area contributed by atoms with E-state index in [1.807, 2.05) is 0 Å². The summed E-state index contributed by atoms with van der Waals surface area (Å²) in [5, 5.41) is 3.38. The highest BCUT2D eigenvalue weighted by molar-refractivity contribution is 5.80. The first kappa shape index (κ1) is 21.2. The fraction of sp³-hybridized carbons (Fsp3) is 0.944. The van der Waals surface area contributed by atoms with Gasteiger partial charge in [-0.1, -0.05) is 13.3 Å². The summed E-state index contributed by atoms with van der Waals surface area (Å²) in [6, 6.07) is 0. The van der Waals surface area contributed by atoms with Crippen LogP contribution in [0, 0.1) is 0 Å². The third-order valence-corrected chi connectivity index (χ3v) is 3.99. The SMILES string of the molecule is CCCCOCCOCCN=C(NCC)N1CCC(OCC)CC1. The van der Waals surface area contributed by atoms with E-state index in [2.05, 4.69) is 36.0 Å². The van der Waals surface area contributed by atoms with Gasteiger partial charge in [-0.15, -0.1) is 0 Å². The minimum Gasteiger partial charge on any atom is -0.379 e. The molecule has 1 fully saturated rings. The number of aliphatic imine (C=N–C) groups is 1. The summed E-state index contributed by atoms with van der Waals surface area (Å²) in [5.74, 6) is 0.996. The molecule has 0 aromatic rings. The Morgan fingerprint density at radius 2 is 1.75 bits per heavy atom. The number of unbranched alkanes of at least 4 members (excludes halogenated alkanes) is 1. The number of nitrogens with zero attached hydrogens (tertiary/aromatic N) is 2. The molecule has 0 aromatic heterocycles. The van der Waals surface area contributed by atoms with Crippen molar-refractivity contribution in [2.45, 2.75) is 52.6 Å². The molecule has 0 saturated carbocycles. The van der Waals surface area contributed by atoms with Crippen LogP contribution in [0.3, 0.4) is 0 Å². The van der Waals surface area contributed by atoms with E-state index < -0.39 is 0 Å². The highest BCUT2D eigenvalue weighted by Gasteiger charge is 2.21. The van der Waals surface area contributed by atoms with Crippen molar-refractivity contribution in [3.05, 3.63) is 0 Å². The number of rotatable bonds is 12. The molecule has 6 nitrogen and oxygen atoms in total. The van der Waals surface area contributed by atoms with Gasteiger partial charge in [0, 0.05) is 32.8 Å². The zero-order chi connectivity index (χ0) is 17.5. The van der Waals surface area contributed by atoms with Crippen LogP contribution in [-0.2, 0) is 14.2 Å². The second-order valence-electron chi connectivity index (χ2n) is 5.96. The van der Waals surface area contributed by atoms with E-state index in [0.29, 0.717) is 32.5 Å². The van der Waals surface area contributed by atoms with Crippen LogP contribution in [0.2, 0.25) is 0 Å². The summed E-state index contributed by atoms with van der Waals surface area (Å²) < 4.78 is 16.8. The molecular weight excluding hydrogens is 306 g/mol. The number of piperidine rings is 1. The Balaban J connectivity index is 2.18. The monoisotopic (exact) mass is 343 g/mol. The number of hydrogen-bond acceptors (Lipinski definition) is 4. The van der Waals surface area contributed by atoms with Crippen LogP contribution in [0.1, 0.15) is 46.5 Å². The molecule has 0 radical (unpaired) electrons. The van der Waals surface area contributed by atoms with Crippen molar-refractivity contribution in [2.24, 2.45) is 4.99 Å². The molecule has 0 spiro atoms. The second-order valence-corrected chi connectivity index (χ2v) is 5.96. The molecule has 1 aliphatic rings. The molecule has 0 amide bonds. The van der Waals surface area contributed by atoms with E-state index in [-0.39, 0.29) is 0 Å². The summed E-state index contributed by atoms with van der Waals surface area (Å²) in [5.41, 5.74) is 0. The van der Waals surface area contributed by atoms with Gasteiger partial charge in [0.15, 0.2) is 5.96 Å². The largest absolute Gasteiger partial charge is 0.379 e. The van der Waals surface area contributed by atoms with Crippen molar-refractivity contribution in [1.82, 2.24) is 10.2 Å². The molecule has 0 bridgehead atoms. The minimum atomic E-state index is 0.408. The third kappa shape index (κ3) is 9.45. The van der Waals surface area contributed by atoms with Crippen molar-refractivity contribution < 1.29 is 14.2 Å².